The van der Waals surface area contributed by atoms with Crippen molar-refractivity contribution in [3.05, 3.63) is 84.3 Å². The number of carbonyl (C=O) groups excluding carboxylic acids is 1. The number of fused-ring (bicyclic) bond motifs is 1. The number of hydrogen-bond donors (Lipinski definition) is 2. The Morgan fingerprint density at radius 1 is 1.04 bits per heavy atom. The van der Waals surface area contributed by atoms with Gasteiger partial charge >= 0.3 is 6.03 Å². The summed E-state index contributed by atoms with van der Waals surface area (Å²) in [5.74, 6) is 0.849. The van der Waals surface area contributed by atoms with Crippen molar-refractivity contribution in [3.8, 4) is 0 Å². The van der Waals surface area contributed by atoms with Crippen LogP contribution in [0.1, 0.15) is 17.4 Å². The topological polar surface area (TPSA) is 57.5 Å². The predicted molar refractivity (Wildman–Crippen MR) is 102 cm³/mol. The first-order chi connectivity index (χ1) is 12.8. The molecule has 1 atom stereocenters. The molecule has 0 bridgehead atoms. The summed E-state index contributed by atoms with van der Waals surface area (Å²) in [6, 6.07) is 21.4. The number of benzene rings is 2. The van der Waals surface area contributed by atoms with E-state index in [4.69, 9.17) is 4.42 Å². The number of urea groups is 1. The van der Waals surface area contributed by atoms with Gasteiger partial charge in [0.2, 0.25) is 0 Å². The lowest BCUT2D eigenvalue weighted by Gasteiger charge is -2.29. The first-order valence-electron chi connectivity index (χ1n) is 8.79. The highest BCUT2D eigenvalue weighted by Crippen LogP contribution is 2.34. The van der Waals surface area contributed by atoms with Gasteiger partial charge < -0.3 is 20.0 Å². The molecule has 5 heteroatoms. The van der Waals surface area contributed by atoms with Gasteiger partial charge in [-0.3, -0.25) is 0 Å². The van der Waals surface area contributed by atoms with E-state index in [1.165, 1.54) is 11.3 Å². The molecular formula is C21H21N3O2. The van der Waals surface area contributed by atoms with Crippen molar-refractivity contribution in [2.75, 3.05) is 23.3 Å². The zero-order valence-corrected chi connectivity index (χ0v) is 14.4. The van der Waals surface area contributed by atoms with Gasteiger partial charge in [0.25, 0.3) is 0 Å². The van der Waals surface area contributed by atoms with Crippen LogP contribution < -0.4 is 15.5 Å². The second-order valence-electron chi connectivity index (χ2n) is 6.30. The number of rotatable bonds is 5. The molecule has 5 nitrogen and oxygen atoms in total. The van der Waals surface area contributed by atoms with Crippen molar-refractivity contribution < 1.29 is 9.21 Å². The smallest absolute Gasteiger partial charge is 0.319 e. The average Bonchev–Trinajstić information content (AvgIpc) is 3.34. The second-order valence-corrected chi connectivity index (χ2v) is 6.30. The number of hydrogen-bond acceptors (Lipinski definition) is 3. The maximum Gasteiger partial charge on any atom is 0.319 e. The lowest BCUT2D eigenvalue weighted by Crippen LogP contribution is -2.39. The van der Waals surface area contributed by atoms with Crippen LogP contribution in [-0.2, 0) is 6.42 Å². The molecule has 0 radical (unpaired) electrons. The standard InChI is InChI=1S/C21H21N3O2/c25-21(23-17-8-2-1-3-9-17)22-15-19(20-11-6-14-26-20)24-13-12-16-7-4-5-10-18(16)24/h1-11,14,19H,12-13,15H2,(H2,22,23,25)/t19-/m0/s1. The molecule has 1 aromatic heterocycles. The Morgan fingerprint density at radius 3 is 2.65 bits per heavy atom. The van der Waals surface area contributed by atoms with Crippen molar-refractivity contribution in [1.29, 1.82) is 0 Å². The Labute approximate surface area is 152 Å². The SMILES string of the molecule is O=C(NC[C@@H](c1ccco1)N1CCc2ccccc21)Nc1ccccc1. The third-order valence-corrected chi connectivity index (χ3v) is 4.66. The summed E-state index contributed by atoms with van der Waals surface area (Å²) in [5.41, 5.74) is 3.31. The van der Waals surface area contributed by atoms with Crippen LogP contribution in [0, 0.1) is 0 Å². The Kier molecular flexibility index (Phi) is 4.60. The first-order valence-corrected chi connectivity index (χ1v) is 8.79. The highest BCUT2D eigenvalue weighted by Gasteiger charge is 2.29. The third-order valence-electron chi connectivity index (χ3n) is 4.66. The number of nitrogens with zero attached hydrogens (tertiary/aromatic N) is 1. The Balaban J connectivity index is 1.48. The average molecular weight is 347 g/mol. The van der Waals surface area contributed by atoms with Gasteiger partial charge in [0.05, 0.1) is 6.26 Å². The van der Waals surface area contributed by atoms with E-state index in [-0.39, 0.29) is 12.1 Å². The van der Waals surface area contributed by atoms with Crippen LogP contribution in [0.25, 0.3) is 0 Å². The minimum atomic E-state index is -0.222. The largest absolute Gasteiger partial charge is 0.467 e. The molecule has 4 rings (SSSR count). The molecule has 3 aromatic rings. The second kappa shape index (κ2) is 7.35. The van der Waals surface area contributed by atoms with Crippen molar-refractivity contribution in [3.63, 3.8) is 0 Å². The normalized spacial score (nSPS) is 13.9. The van der Waals surface area contributed by atoms with Gasteiger partial charge in [-0.2, -0.15) is 0 Å². The zero-order valence-electron chi connectivity index (χ0n) is 14.4. The highest BCUT2D eigenvalue weighted by atomic mass is 16.3. The van der Waals surface area contributed by atoms with E-state index in [2.05, 4.69) is 33.7 Å². The Hall–Kier alpha value is -3.21. The highest BCUT2D eigenvalue weighted by molar-refractivity contribution is 5.89. The summed E-state index contributed by atoms with van der Waals surface area (Å²) >= 11 is 0. The van der Waals surface area contributed by atoms with E-state index in [0.29, 0.717) is 6.54 Å². The molecule has 2 N–H and O–H groups in total. The van der Waals surface area contributed by atoms with E-state index >= 15 is 0 Å². The van der Waals surface area contributed by atoms with Crippen LogP contribution in [0.3, 0.4) is 0 Å². The number of para-hydroxylation sites is 2. The number of furan rings is 1. The lowest BCUT2D eigenvalue weighted by atomic mass is 10.1. The number of anilines is 2. The fourth-order valence-corrected chi connectivity index (χ4v) is 3.42. The molecule has 1 aliphatic rings. The maximum atomic E-state index is 12.3. The van der Waals surface area contributed by atoms with Crippen molar-refractivity contribution in [2.45, 2.75) is 12.5 Å². The molecule has 2 heterocycles. The molecule has 26 heavy (non-hydrogen) atoms. The molecule has 0 aliphatic carbocycles. The minimum absolute atomic E-state index is 0.0461. The fraction of sp³-hybridized carbons (Fsp3) is 0.190. The summed E-state index contributed by atoms with van der Waals surface area (Å²) in [7, 11) is 0. The molecule has 0 unspecified atom stereocenters. The molecule has 132 valence electrons. The first kappa shape index (κ1) is 16.3. The van der Waals surface area contributed by atoms with Crippen LogP contribution in [0.15, 0.2) is 77.4 Å². The van der Waals surface area contributed by atoms with E-state index in [0.717, 1.165) is 24.4 Å². The van der Waals surface area contributed by atoms with Crippen molar-refractivity contribution in [2.24, 2.45) is 0 Å². The molecule has 0 saturated carbocycles. The van der Waals surface area contributed by atoms with Gasteiger partial charge in [-0.1, -0.05) is 36.4 Å². The van der Waals surface area contributed by atoms with E-state index in [1.807, 2.05) is 48.5 Å². The van der Waals surface area contributed by atoms with Crippen LogP contribution in [0.4, 0.5) is 16.2 Å². The minimum Gasteiger partial charge on any atom is -0.467 e. The molecule has 0 fully saturated rings. The van der Waals surface area contributed by atoms with Gasteiger partial charge in [0.15, 0.2) is 0 Å². The van der Waals surface area contributed by atoms with Gasteiger partial charge in [-0.25, -0.2) is 4.79 Å². The van der Waals surface area contributed by atoms with E-state index < -0.39 is 0 Å². The van der Waals surface area contributed by atoms with Crippen LogP contribution in [0.2, 0.25) is 0 Å². The molecule has 0 saturated heterocycles. The quantitative estimate of drug-likeness (QED) is 0.727. The molecule has 0 spiro atoms. The summed E-state index contributed by atoms with van der Waals surface area (Å²) < 4.78 is 5.66. The lowest BCUT2D eigenvalue weighted by molar-refractivity contribution is 0.251. The van der Waals surface area contributed by atoms with Crippen molar-refractivity contribution >= 4 is 17.4 Å². The summed E-state index contributed by atoms with van der Waals surface area (Å²) in [4.78, 5) is 14.6. The zero-order chi connectivity index (χ0) is 17.8. The Morgan fingerprint density at radius 2 is 1.85 bits per heavy atom. The van der Waals surface area contributed by atoms with Gasteiger partial charge in [0.1, 0.15) is 11.8 Å². The number of amides is 2. The van der Waals surface area contributed by atoms with Crippen molar-refractivity contribution in [1.82, 2.24) is 5.32 Å². The Bertz CT molecular complexity index is 862. The summed E-state index contributed by atoms with van der Waals surface area (Å²) in [6.07, 6.45) is 2.68. The molecule has 1 aliphatic heterocycles. The maximum absolute atomic E-state index is 12.3. The summed E-state index contributed by atoms with van der Waals surface area (Å²) in [5, 5.41) is 5.83. The van der Waals surface area contributed by atoms with E-state index in [9.17, 15) is 4.79 Å². The van der Waals surface area contributed by atoms with Gasteiger partial charge in [0, 0.05) is 24.5 Å². The van der Waals surface area contributed by atoms with Gasteiger partial charge in [-0.05, 0) is 42.3 Å². The molecule has 2 amide bonds. The van der Waals surface area contributed by atoms with Crippen LogP contribution in [0.5, 0.6) is 0 Å². The molecular weight excluding hydrogens is 326 g/mol. The fourth-order valence-electron chi connectivity index (χ4n) is 3.42. The van der Waals surface area contributed by atoms with Crippen LogP contribution in [-0.4, -0.2) is 19.1 Å². The van der Waals surface area contributed by atoms with E-state index in [1.54, 1.807) is 6.26 Å². The number of nitrogens with one attached hydrogen (secondary N) is 2. The third kappa shape index (κ3) is 3.42. The summed E-state index contributed by atoms with van der Waals surface area (Å²) in [6.45, 7) is 1.37. The van der Waals surface area contributed by atoms with Crippen LogP contribution >= 0.6 is 0 Å². The van der Waals surface area contributed by atoms with Gasteiger partial charge in [-0.15, -0.1) is 0 Å². The molecule has 2 aromatic carbocycles. The number of carbonyl (C=O) groups is 1. The predicted octanol–water partition coefficient (Wildman–Crippen LogP) is 4.21. The monoisotopic (exact) mass is 347 g/mol.